The first kappa shape index (κ1) is 25.0. The average Bonchev–Trinajstić information content (AvgIpc) is 3.26. The lowest BCUT2D eigenvalue weighted by molar-refractivity contribution is -0.135. The van der Waals surface area contributed by atoms with Crippen LogP contribution in [0.2, 0.25) is 0 Å². The lowest BCUT2D eigenvalue weighted by atomic mass is 9.91. The molecule has 2 amide bonds. The number of rotatable bonds is 10. The molecule has 1 N–H and O–H groups in total. The smallest absolute Gasteiger partial charge is 0.223 e. The number of aromatic nitrogens is 1. The molecule has 7 heteroatoms. The lowest BCUT2D eigenvalue weighted by Crippen LogP contribution is -2.46. The first-order valence-corrected chi connectivity index (χ1v) is 11.9. The first-order valence-electron chi connectivity index (χ1n) is 11.9. The third-order valence-corrected chi connectivity index (χ3v) is 6.10. The van der Waals surface area contributed by atoms with E-state index >= 15 is 0 Å². The third-order valence-electron chi connectivity index (χ3n) is 6.10. The van der Waals surface area contributed by atoms with Crippen LogP contribution in [0, 0.1) is 11.3 Å². The number of aryl methyl sites for hydroxylation is 1. The summed E-state index contributed by atoms with van der Waals surface area (Å²) in [7, 11) is 4.09. The van der Waals surface area contributed by atoms with Gasteiger partial charge in [-0.05, 0) is 38.8 Å². The summed E-state index contributed by atoms with van der Waals surface area (Å²) in [6.45, 7) is 7.20. The maximum absolute atomic E-state index is 12.6. The Morgan fingerprint density at radius 1 is 1.18 bits per heavy atom. The molecule has 2 aromatic rings. The van der Waals surface area contributed by atoms with Crippen LogP contribution in [0.3, 0.4) is 0 Å². The second-order valence-corrected chi connectivity index (χ2v) is 10.1. The van der Waals surface area contributed by atoms with Gasteiger partial charge in [-0.1, -0.05) is 44.2 Å². The molecule has 0 unspecified atom stereocenters. The predicted molar refractivity (Wildman–Crippen MR) is 130 cm³/mol. The molecule has 0 bridgehead atoms. The largest absolute Gasteiger partial charge is 0.441 e. The number of benzene rings is 1. The Morgan fingerprint density at radius 2 is 1.88 bits per heavy atom. The normalized spacial score (nSPS) is 15.1. The predicted octanol–water partition coefficient (Wildman–Crippen LogP) is 3.61. The lowest BCUT2D eigenvalue weighted by Gasteiger charge is -2.33. The summed E-state index contributed by atoms with van der Waals surface area (Å²) >= 11 is 0. The summed E-state index contributed by atoms with van der Waals surface area (Å²) in [4.78, 5) is 33.6. The van der Waals surface area contributed by atoms with Crippen molar-refractivity contribution in [1.29, 1.82) is 0 Å². The fourth-order valence-electron chi connectivity index (χ4n) is 4.48. The van der Waals surface area contributed by atoms with E-state index in [0.29, 0.717) is 44.8 Å². The fraction of sp³-hybridized carbons (Fsp3) is 0.577. The Kier molecular flexibility index (Phi) is 8.67. The van der Waals surface area contributed by atoms with Crippen molar-refractivity contribution >= 4 is 11.8 Å². The topological polar surface area (TPSA) is 78.7 Å². The number of nitrogens with one attached hydrogen (secondary N) is 1. The van der Waals surface area contributed by atoms with Gasteiger partial charge < -0.3 is 19.5 Å². The Labute approximate surface area is 197 Å². The number of carbonyl (C=O) groups is 2. The average molecular weight is 455 g/mol. The van der Waals surface area contributed by atoms with Gasteiger partial charge in [0.2, 0.25) is 11.8 Å². The Morgan fingerprint density at radius 3 is 2.55 bits per heavy atom. The zero-order chi connectivity index (χ0) is 23.8. The molecule has 180 valence electrons. The Hall–Kier alpha value is -2.67. The van der Waals surface area contributed by atoms with Crippen molar-refractivity contribution < 1.29 is 14.0 Å². The van der Waals surface area contributed by atoms with E-state index in [1.807, 2.05) is 49.3 Å². The molecular weight excluding hydrogens is 416 g/mol. The number of piperidine rings is 1. The number of hydrogen-bond donors (Lipinski definition) is 1. The molecule has 1 saturated heterocycles. The SMILES string of the molecule is CN(C)CC(C)(C)CNC(=O)C1CCN(C(=O)CCCc2ncc(-c3ccccc3)o2)CC1. The molecule has 0 spiro atoms. The van der Waals surface area contributed by atoms with E-state index in [9.17, 15) is 9.59 Å². The molecule has 33 heavy (non-hydrogen) atoms. The monoisotopic (exact) mass is 454 g/mol. The fourth-order valence-corrected chi connectivity index (χ4v) is 4.48. The molecule has 0 saturated carbocycles. The summed E-state index contributed by atoms with van der Waals surface area (Å²) in [5.74, 6) is 1.67. The third kappa shape index (κ3) is 7.70. The van der Waals surface area contributed by atoms with Crippen molar-refractivity contribution in [1.82, 2.24) is 20.1 Å². The molecule has 1 aliphatic heterocycles. The van der Waals surface area contributed by atoms with Gasteiger partial charge in [0.25, 0.3) is 0 Å². The molecular formula is C26H38N4O3. The zero-order valence-corrected chi connectivity index (χ0v) is 20.5. The minimum absolute atomic E-state index is 0.00654. The summed E-state index contributed by atoms with van der Waals surface area (Å²) in [6.07, 6.45) is 5.01. The van der Waals surface area contributed by atoms with Gasteiger partial charge in [0.05, 0.1) is 6.20 Å². The van der Waals surface area contributed by atoms with Crippen molar-refractivity contribution in [3.8, 4) is 11.3 Å². The highest BCUT2D eigenvalue weighted by Gasteiger charge is 2.28. The Bertz CT molecular complexity index is 899. The van der Waals surface area contributed by atoms with Gasteiger partial charge in [-0.25, -0.2) is 4.98 Å². The van der Waals surface area contributed by atoms with E-state index in [-0.39, 0.29) is 23.1 Å². The molecule has 1 aliphatic rings. The second kappa shape index (κ2) is 11.5. The number of oxazole rings is 1. The van der Waals surface area contributed by atoms with Crippen molar-refractivity contribution in [2.75, 3.05) is 40.3 Å². The van der Waals surface area contributed by atoms with Crippen LogP contribution in [0.25, 0.3) is 11.3 Å². The minimum atomic E-state index is -0.00654. The van der Waals surface area contributed by atoms with Gasteiger partial charge in [0, 0.05) is 50.5 Å². The number of amides is 2. The maximum atomic E-state index is 12.6. The van der Waals surface area contributed by atoms with E-state index in [1.54, 1.807) is 6.20 Å². The van der Waals surface area contributed by atoms with Crippen molar-refractivity contribution in [2.45, 2.75) is 46.0 Å². The molecule has 0 atom stereocenters. The number of nitrogens with zero attached hydrogens (tertiary/aromatic N) is 3. The van der Waals surface area contributed by atoms with Crippen LogP contribution in [0.5, 0.6) is 0 Å². The highest BCUT2D eigenvalue weighted by atomic mass is 16.4. The van der Waals surface area contributed by atoms with Gasteiger partial charge in [0.1, 0.15) is 0 Å². The number of hydrogen-bond acceptors (Lipinski definition) is 5. The molecule has 7 nitrogen and oxygen atoms in total. The van der Waals surface area contributed by atoms with Crippen LogP contribution in [0.1, 0.15) is 45.4 Å². The number of carbonyl (C=O) groups excluding carboxylic acids is 2. The highest BCUT2D eigenvalue weighted by molar-refractivity contribution is 5.80. The number of likely N-dealkylation sites (tertiary alicyclic amines) is 1. The van der Waals surface area contributed by atoms with Gasteiger partial charge >= 0.3 is 0 Å². The summed E-state index contributed by atoms with van der Waals surface area (Å²) in [5, 5.41) is 3.12. The minimum Gasteiger partial charge on any atom is -0.441 e. The molecule has 1 aromatic carbocycles. The molecule has 3 rings (SSSR count). The Balaban J connectivity index is 1.36. The van der Waals surface area contributed by atoms with Crippen LogP contribution in [-0.2, 0) is 16.0 Å². The molecule has 0 aliphatic carbocycles. The molecule has 2 heterocycles. The zero-order valence-electron chi connectivity index (χ0n) is 20.5. The summed E-state index contributed by atoms with van der Waals surface area (Å²) in [5.41, 5.74) is 1.03. The van der Waals surface area contributed by atoms with Crippen molar-refractivity contribution in [2.24, 2.45) is 11.3 Å². The van der Waals surface area contributed by atoms with Gasteiger partial charge in [0.15, 0.2) is 11.7 Å². The highest BCUT2D eigenvalue weighted by Crippen LogP contribution is 2.22. The van der Waals surface area contributed by atoms with Crippen molar-refractivity contribution in [3.05, 3.63) is 42.4 Å². The van der Waals surface area contributed by atoms with Crippen LogP contribution in [0.4, 0.5) is 0 Å². The van der Waals surface area contributed by atoms with Crippen LogP contribution < -0.4 is 5.32 Å². The summed E-state index contributed by atoms with van der Waals surface area (Å²) in [6, 6.07) is 9.88. The van der Waals surface area contributed by atoms with Crippen LogP contribution in [0.15, 0.2) is 40.9 Å². The van der Waals surface area contributed by atoms with E-state index < -0.39 is 0 Å². The molecule has 1 fully saturated rings. The maximum Gasteiger partial charge on any atom is 0.223 e. The quantitative estimate of drug-likeness (QED) is 0.593. The van der Waals surface area contributed by atoms with Crippen LogP contribution in [-0.4, -0.2) is 66.9 Å². The van der Waals surface area contributed by atoms with Crippen LogP contribution >= 0.6 is 0 Å². The van der Waals surface area contributed by atoms with E-state index in [0.717, 1.165) is 30.7 Å². The second-order valence-electron chi connectivity index (χ2n) is 10.1. The standard InChI is InChI=1S/C26H38N4O3/c1-26(2,19-29(3)4)18-28-25(32)21-13-15-30(16-14-21)24(31)12-8-11-23-27-17-22(33-23)20-9-6-5-7-10-20/h5-7,9-10,17,21H,8,11-16,18-19H2,1-4H3,(H,28,32). The van der Waals surface area contributed by atoms with Gasteiger partial charge in [-0.2, -0.15) is 0 Å². The molecule has 0 radical (unpaired) electrons. The van der Waals surface area contributed by atoms with Gasteiger partial charge in [-0.15, -0.1) is 0 Å². The first-order chi connectivity index (χ1) is 15.7. The van der Waals surface area contributed by atoms with E-state index in [4.69, 9.17) is 4.42 Å². The van der Waals surface area contributed by atoms with Crippen molar-refractivity contribution in [3.63, 3.8) is 0 Å². The summed E-state index contributed by atoms with van der Waals surface area (Å²) < 4.78 is 5.82. The van der Waals surface area contributed by atoms with E-state index in [1.165, 1.54) is 0 Å². The van der Waals surface area contributed by atoms with E-state index in [2.05, 4.69) is 29.0 Å². The van der Waals surface area contributed by atoms with Gasteiger partial charge in [-0.3, -0.25) is 9.59 Å². The molecule has 1 aromatic heterocycles.